The molecule has 2 heteroatoms. The van der Waals surface area contributed by atoms with Crippen LogP contribution in [0, 0.1) is 0 Å². The molecule has 0 atom stereocenters. The van der Waals surface area contributed by atoms with E-state index in [1.54, 1.807) is 0 Å². The molecule has 250 valence electrons. The summed E-state index contributed by atoms with van der Waals surface area (Å²) in [6.45, 7) is 6.79. The zero-order valence-electron chi connectivity index (χ0n) is 29.7. The molecule has 0 fully saturated rings. The number of anilines is 3. The first-order valence-electron chi connectivity index (χ1n) is 18.0. The number of fused-ring (bicyclic) bond motifs is 3. The van der Waals surface area contributed by atoms with Gasteiger partial charge < -0.3 is 9.32 Å². The topological polar surface area (TPSA) is 16.4 Å². The van der Waals surface area contributed by atoms with E-state index in [0.717, 1.165) is 34.0 Å². The van der Waals surface area contributed by atoms with E-state index in [-0.39, 0.29) is 5.41 Å². The number of para-hydroxylation sites is 1. The summed E-state index contributed by atoms with van der Waals surface area (Å²) in [7, 11) is 0. The van der Waals surface area contributed by atoms with E-state index in [9.17, 15) is 0 Å². The van der Waals surface area contributed by atoms with E-state index in [4.69, 9.17) is 4.42 Å². The minimum atomic E-state index is -0.0983. The average Bonchev–Trinajstić information content (AvgIpc) is 3.59. The second-order valence-corrected chi connectivity index (χ2v) is 14.6. The Balaban J connectivity index is 1.12. The first kappa shape index (κ1) is 31.6. The minimum absolute atomic E-state index is 0.0983. The van der Waals surface area contributed by atoms with Crippen molar-refractivity contribution in [2.45, 2.75) is 26.2 Å². The zero-order valence-corrected chi connectivity index (χ0v) is 29.7. The molecular weight excluding hydrogens is 631 g/mol. The third-order valence-electron chi connectivity index (χ3n) is 10.1. The number of hydrogen-bond acceptors (Lipinski definition) is 2. The van der Waals surface area contributed by atoms with Gasteiger partial charge in [-0.25, -0.2) is 0 Å². The van der Waals surface area contributed by atoms with E-state index in [0.29, 0.717) is 0 Å². The molecule has 0 radical (unpaired) electrons. The van der Waals surface area contributed by atoms with Crippen molar-refractivity contribution in [1.82, 2.24) is 0 Å². The SMILES string of the molecule is CC(C)(C)c1c(-c2cccc(N(c3ccc(-c4ccc(-c5cccc6ccccc56)cc4)cc3)c3ccc4ccccc4c3)c2)oc2ccccc12. The molecule has 0 saturated heterocycles. The van der Waals surface area contributed by atoms with Gasteiger partial charge in [-0.15, -0.1) is 0 Å². The first-order valence-corrected chi connectivity index (χ1v) is 18.0. The third-order valence-corrected chi connectivity index (χ3v) is 10.1. The van der Waals surface area contributed by atoms with Crippen LogP contribution < -0.4 is 4.90 Å². The van der Waals surface area contributed by atoms with Gasteiger partial charge >= 0.3 is 0 Å². The highest BCUT2D eigenvalue weighted by Gasteiger charge is 2.26. The van der Waals surface area contributed by atoms with Crippen molar-refractivity contribution < 1.29 is 4.42 Å². The van der Waals surface area contributed by atoms with Gasteiger partial charge in [-0.3, -0.25) is 0 Å². The number of nitrogens with zero attached hydrogens (tertiary/aromatic N) is 1. The van der Waals surface area contributed by atoms with Crippen LogP contribution in [0.5, 0.6) is 0 Å². The molecule has 8 aromatic carbocycles. The van der Waals surface area contributed by atoms with Gasteiger partial charge in [-0.1, -0.05) is 160 Å². The Labute approximate surface area is 305 Å². The highest BCUT2D eigenvalue weighted by atomic mass is 16.3. The summed E-state index contributed by atoms with van der Waals surface area (Å²) in [4.78, 5) is 2.35. The van der Waals surface area contributed by atoms with Gasteiger partial charge in [0, 0.05) is 33.6 Å². The van der Waals surface area contributed by atoms with Gasteiger partial charge in [0.25, 0.3) is 0 Å². The van der Waals surface area contributed by atoms with Crippen molar-refractivity contribution in [3.8, 4) is 33.6 Å². The third kappa shape index (κ3) is 5.73. The monoisotopic (exact) mass is 669 g/mol. The summed E-state index contributed by atoms with van der Waals surface area (Å²) in [6, 6.07) is 65.4. The van der Waals surface area contributed by atoms with E-state index in [1.807, 2.05) is 6.07 Å². The van der Waals surface area contributed by atoms with Crippen LogP contribution in [0.4, 0.5) is 17.1 Å². The number of hydrogen-bond donors (Lipinski definition) is 0. The second kappa shape index (κ2) is 12.7. The average molecular weight is 670 g/mol. The molecule has 0 amide bonds. The molecule has 1 aromatic heterocycles. The molecule has 0 spiro atoms. The molecule has 9 aromatic rings. The molecule has 0 aliphatic heterocycles. The highest BCUT2D eigenvalue weighted by molar-refractivity contribution is 5.97. The fraction of sp³-hybridized carbons (Fsp3) is 0.0800. The predicted molar refractivity (Wildman–Crippen MR) is 221 cm³/mol. The standard InChI is InChI=1S/C50H39NO/c1-50(2,3)48-46-19-8-9-21-47(46)52-49(48)40-16-10-17-42(33-40)51(43-31-28-34-12-4-5-14-39(34)32-43)41-29-26-36(27-30-41)35-22-24-38(25-23-35)45-20-11-15-37-13-6-7-18-44(37)45/h4-33H,1-3H3. The van der Waals surface area contributed by atoms with Crippen LogP contribution >= 0.6 is 0 Å². The zero-order chi connectivity index (χ0) is 35.2. The van der Waals surface area contributed by atoms with Crippen LogP contribution in [0.3, 0.4) is 0 Å². The molecule has 2 nitrogen and oxygen atoms in total. The Kier molecular flexibility index (Phi) is 7.74. The Morgan fingerprint density at radius 3 is 1.75 bits per heavy atom. The van der Waals surface area contributed by atoms with Crippen molar-refractivity contribution in [2.75, 3.05) is 4.90 Å². The molecule has 9 rings (SSSR count). The fourth-order valence-corrected chi connectivity index (χ4v) is 7.66. The summed E-state index contributed by atoms with van der Waals surface area (Å²) in [6.07, 6.45) is 0. The minimum Gasteiger partial charge on any atom is -0.456 e. The molecule has 0 N–H and O–H groups in total. The van der Waals surface area contributed by atoms with E-state index in [2.05, 4.69) is 202 Å². The highest BCUT2D eigenvalue weighted by Crippen LogP contribution is 2.44. The molecule has 0 bridgehead atoms. The number of rotatable bonds is 6. The summed E-state index contributed by atoms with van der Waals surface area (Å²) in [5, 5.41) is 6.13. The summed E-state index contributed by atoms with van der Waals surface area (Å²) in [5.41, 5.74) is 11.2. The molecular formula is C50H39NO. The summed E-state index contributed by atoms with van der Waals surface area (Å²) in [5.74, 6) is 0.927. The molecule has 1 heterocycles. The smallest absolute Gasteiger partial charge is 0.139 e. The van der Waals surface area contributed by atoms with E-state index in [1.165, 1.54) is 54.7 Å². The molecule has 0 unspecified atom stereocenters. The lowest BCUT2D eigenvalue weighted by Crippen LogP contribution is -2.12. The van der Waals surface area contributed by atoms with Gasteiger partial charge in [0.1, 0.15) is 11.3 Å². The maximum atomic E-state index is 6.62. The Hall–Kier alpha value is -6.38. The van der Waals surface area contributed by atoms with Gasteiger partial charge in [0.15, 0.2) is 0 Å². The van der Waals surface area contributed by atoms with Crippen LogP contribution in [-0.4, -0.2) is 0 Å². The molecule has 0 saturated carbocycles. The van der Waals surface area contributed by atoms with Gasteiger partial charge in [0.2, 0.25) is 0 Å². The van der Waals surface area contributed by atoms with Crippen molar-refractivity contribution in [2.24, 2.45) is 0 Å². The Morgan fingerprint density at radius 2 is 0.981 bits per heavy atom. The Bertz CT molecular complexity index is 2700. The van der Waals surface area contributed by atoms with Crippen LogP contribution in [0.1, 0.15) is 26.3 Å². The van der Waals surface area contributed by atoms with Gasteiger partial charge in [0.05, 0.1) is 0 Å². The number of benzene rings is 8. The van der Waals surface area contributed by atoms with Crippen LogP contribution in [0.2, 0.25) is 0 Å². The van der Waals surface area contributed by atoms with Crippen molar-refractivity contribution in [3.05, 3.63) is 188 Å². The lowest BCUT2D eigenvalue weighted by molar-refractivity contribution is 0.568. The number of furan rings is 1. The lowest BCUT2D eigenvalue weighted by Gasteiger charge is -2.27. The second-order valence-electron chi connectivity index (χ2n) is 14.6. The predicted octanol–water partition coefficient (Wildman–Crippen LogP) is 14.5. The van der Waals surface area contributed by atoms with E-state index >= 15 is 0 Å². The summed E-state index contributed by atoms with van der Waals surface area (Å²) >= 11 is 0. The van der Waals surface area contributed by atoms with E-state index < -0.39 is 0 Å². The maximum Gasteiger partial charge on any atom is 0.139 e. The van der Waals surface area contributed by atoms with Crippen molar-refractivity contribution in [1.29, 1.82) is 0 Å². The van der Waals surface area contributed by atoms with Crippen LogP contribution in [0.25, 0.3) is 66.1 Å². The Morgan fingerprint density at radius 1 is 0.404 bits per heavy atom. The van der Waals surface area contributed by atoms with Crippen molar-refractivity contribution in [3.63, 3.8) is 0 Å². The molecule has 52 heavy (non-hydrogen) atoms. The van der Waals surface area contributed by atoms with Crippen LogP contribution in [-0.2, 0) is 5.41 Å². The van der Waals surface area contributed by atoms with Crippen molar-refractivity contribution >= 4 is 49.6 Å². The van der Waals surface area contributed by atoms with Crippen LogP contribution in [0.15, 0.2) is 186 Å². The maximum absolute atomic E-state index is 6.62. The molecule has 0 aliphatic rings. The van der Waals surface area contributed by atoms with Gasteiger partial charge in [-0.2, -0.15) is 0 Å². The summed E-state index contributed by atoms with van der Waals surface area (Å²) < 4.78 is 6.62. The first-order chi connectivity index (χ1) is 25.4. The quantitative estimate of drug-likeness (QED) is 0.175. The fourth-order valence-electron chi connectivity index (χ4n) is 7.66. The molecule has 0 aliphatic carbocycles. The normalized spacial score (nSPS) is 11.8. The largest absolute Gasteiger partial charge is 0.456 e. The van der Waals surface area contributed by atoms with Gasteiger partial charge in [-0.05, 0) is 91.7 Å². The lowest BCUT2D eigenvalue weighted by atomic mass is 9.83.